The quantitative estimate of drug-likeness (QED) is 0.124. The summed E-state index contributed by atoms with van der Waals surface area (Å²) in [5.74, 6) is -1.02. The Labute approximate surface area is 264 Å². The maximum Gasteiger partial charge on any atom is 0.249 e. The first kappa shape index (κ1) is 34.0. The van der Waals surface area contributed by atoms with E-state index in [4.69, 9.17) is 11.5 Å². The number of benzene rings is 1. The lowest BCUT2D eigenvalue weighted by molar-refractivity contribution is -0.150. The Kier molecular flexibility index (Phi) is 13.3. The van der Waals surface area contributed by atoms with Crippen molar-refractivity contribution >= 4 is 17.7 Å². The molecule has 1 aliphatic rings. The molecule has 0 saturated heterocycles. The minimum Gasteiger partial charge on any atom is -0.383 e. The lowest BCUT2D eigenvalue weighted by Crippen LogP contribution is -2.61. The lowest BCUT2D eigenvalue weighted by atomic mass is 9.82. The van der Waals surface area contributed by atoms with Crippen molar-refractivity contribution in [3.63, 3.8) is 0 Å². The molecule has 8 N–H and O–H groups in total. The van der Waals surface area contributed by atoms with Crippen molar-refractivity contribution in [1.29, 1.82) is 0 Å². The minimum atomic E-state index is -1.22. The van der Waals surface area contributed by atoms with Gasteiger partial charge >= 0.3 is 0 Å². The Bertz CT molecular complexity index is 1300. The molecule has 1 aliphatic carbocycles. The number of amides is 3. The van der Waals surface area contributed by atoms with Crippen LogP contribution in [-0.4, -0.2) is 72.3 Å². The number of H-pyrrole nitrogens is 2. The average molecular weight is 621 g/mol. The van der Waals surface area contributed by atoms with Crippen LogP contribution in [0.2, 0.25) is 0 Å². The number of imide groups is 1. The Balaban J connectivity index is 1.72. The van der Waals surface area contributed by atoms with E-state index in [1.807, 2.05) is 30.3 Å². The number of hydrogen-bond donors (Lipinski definition) is 6. The maximum absolute atomic E-state index is 14.6. The molecule has 12 nitrogen and oxygen atoms in total. The van der Waals surface area contributed by atoms with Crippen molar-refractivity contribution < 1.29 is 19.5 Å². The monoisotopic (exact) mass is 620 g/mol. The van der Waals surface area contributed by atoms with Gasteiger partial charge in [0.05, 0.1) is 18.4 Å². The summed E-state index contributed by atoms with van der Waals surface area (Å²) in [6.07, 6.45) is 13.2. The predicted molar refractivity (Wildman–Crippen MR) is 170 cm³/mol. The number of aromatic amines is 2. The zero-order chi connectivity index (χ0) is 32.0. The van der Waals surface area contributed by atoms with Gasteiger partial charge in [0.2, 0.25) is 17.7 Å². The number of nitrogens with two attached hydrogens (primary N) is 2. The van der Waals surface area contributed by atoms with Crippen LogP contribution in [0.1, 0.15) is 87.4 Å². The van der Waals surface area contributed by atoms with Crippen LogP contribution in [-0.2, 0) is 27.2 Å². The van der Waals surface area contributed by atoms with E-state index in [2.05, 4.69) is 25.3 Å². The number of rotatable bonds is 17. The summed E-state index contributed by atoms with van der Waals surface area (Å²) < 4.78 is 0. The average Bonchev–Trinajstić information content (AvgIpc) is 3.78. The van der Waals surface area contributed by atoms with E-state index < -0.39 is 42.0 Å². The van der Waals surface area contributed by atoms with Crippen LogP contribution < -0.4 is 16.8 Å². The fourth-order valence-corrected chi connectivity index (χ4v) is 6.29. The number of nitrogens with one attached hydrogen (secondary N) is 3. The molecule has 2 heterocycles. The topological polar surface area (TPSA) is 196 Å². The predicted octanol–water partition coefficient (Wildman–Crippen LogP) is 2.68. The van der Waals surface area contributed by atoms with Crippen LogP contribution in [0.25, 0.3) is 0 Å². The summed E-state index contributed by atoms with van der Waals surface area (Å²) >= 11 is 0. The van der Waals surface area contributed by atoms with Crippen LogP contribution >= 0.6 is 0 Å². The van der Waals surface area contributed by atoms with Gasteiger partial charge in [0.1, 0.15) is 18.0 Å². The second-order valence-corrected chi connectivity index (χ2v) is 12.1. The molecule has 3 aromatic rings. The van der Waals surface area contributed by atoms with Crippen LogP contribution in [0.5, 0.6) is 0 Å². The van der Waals surface area contributed by atoms with Crippen molar-refractivity contribution in [3.05, 3.63) is 72.3 Å². The van der Waals surface area contributed by atoms with Gasteiger partial charge in [-0.05, 0) is 43.7 Å². The van der Waals surface area contributed by atoms with E-state index in [1.165, 1.54) is 11.2 Å². The molecule has 1 saturated carbocycles. The molecule has 1 fully saturated rings. The molecule has 45 heavy (non-hydrogen) atoms. The first-order valence-electron chi connectivity index (χ1n) is 16.2. The highest BCUT2D eigenvalue weighted by Crippen LogP contribution is 2.34. The SMILES string of the molecule is NCCCCCC(=O)NC(=O)[C@H](Cc1cnc[nH]1)N(C(=O)[C@@H](N)Cc1ccccc1)[C@@H](CC1CCCCC1)[C@@H](O)c1ncc[nH]1. The Morgan fingerprint density at radius 2 is 1.82 bits per heavy atom. The molecule has 0 bridgehead atoms. The van der Waals surface area contributed by atoms with Gasteiger partial charge in [-0.25, -0.2) is 9.97 Å². The van der Waals surface area contributed by atoms with Crippen LogP contribution in [0.4, 0.5) is 0 Å². The number of carbonyl (C=O) groups excluding carboxylic acids is 3. The third-order valence-electron chi connectivity index (χ3n) is 8.67. The van der Waals surface area contributed by atoms with Gasteiger partial charge in [-0.1, -0.05) is 68.9 Å². The normalized spacial score (nSPS) is 16.4. The van der Waals surface area contributed by atoms with E-state index >= 15 is 0 Å². The summed E-state index contributed by atoms with van der Waals surface area (Å²) in [5, 5.41) is 14.4. The molecule has 12 heteroatoms. The lowest BCUT2D eigenvalue weighted by Gasteiger charge is -2.42. The van der Waals surface area contributed by atoms with E-state index in [0.29, 0.717) is 30.9 Å². The summed E-state index contributed by atoms with van der Waals surface area (Å²) in [6, 6.07) is 6.43. The Morgan fingerprint density at radius 3 is 2.49 bits per heavy atom. The third-order valence-corrected chi connectivity index (χ3v) is 8.67. The van der Waals surface area contributed by atoms with Gasteiger partial charge < -0.3 is 31.4 Å². The van der Waals surface area contributed by atoms with Crippen molar-refractivity contribution in [1.82, 2.24) is 30.2 Å². The minimum absolute atomic E-state index is 0.0438. The largest absolute Gasteiger partial charge is 0.383 e. The first-order chi connectivity index (χ1) is 21.9. The number of hydrogen-bond acceptors (Lipinski definition) is 8. The molecule has 2 aromatic heterocycles. The molecule has 244 valence electrons. The van der Waals surface area contributed by atoms with Gasteiger partial charge in [-0.15, -0.1) is 0 Å². The summed E-state index contributed by atoms with van der Waals surface area (Å²) in [6.45, 7) is 0.535. The third kappa shape index (κ3) is 10.1. The molecule has 0 aliphatic heterocycles. The molecule has 4 atom stereocenters. The van der Waals surface area contributed by atoms with Gasteiger partial charge in [0, 0.05) is 37.1 Å². The number of aromatic nitrogens is 4. The fraction of sp³-hybridized carbons (Fsp3) is 0.545. The van der Waals surface area contributed by atoms with Gasteiger partial charge in [-0.2, -0.15) is 0 Å². The highest BCUT2D eigenvalue weighted by molar-refractivity contribution is 5.99. The van der Waals surface area contributed by atoms with Crippen LogP contribution in [0, 0.1) is 5.92 Å². The Hall–Kier alpha value is -3.87. The van der Waals surface area contributed by atoms with E-state index in [1.54, 1.807) is 18.6 Å². The van der Waals surface area contributed by atoms with E-state index in [0.717, 1.165) is 50.5 Å². The summed E-state index contributed by atoms with van der Waals surface area (Å²) in [5.41, 5.74) is 13.7. The molecule has 3 amide bonds. The Morgan fingerprint density at radius 1 is 1.04 bits per heavy atom. The van der Waals surface area contributed by atoms with Crippen LogP contribution in [0.15, 0.2) is 55.2 Å². The zero-order valence-electron chi connectivity index (χ0n) is 25.9. The molecule has 0 spiro atoms. The zero-order valence-corrected chi connectivity index (χ0v) is 25.9. The second-order valence-electron chi connectivity index (χ2n) is 12.1. The molecule has 4 rings (SSSR count). The van der Waals surface area contributed by atoms with Crippen LogP contribution in [0.3, 0.4) is 0 Å². The first-order valence-corrected chi connectivity index (χ1v) is 16.2. The number of nitrogens with zero attached hydrogens (tertiary/aromatic N) is 3. The highest BCUT2D eigenvalue weighted by Gasteiger charge is 2.43. The van der Waals surface area contributed by atoms with Crippen molar-refractivity contribution in [3.8, 4) is 0 Å². The summed E-state index contributed by atoms with van der Waals surface area (Å²) in [7, 11) is 0. The molecule has 0 radical (unpaired) electrons. The fourth-order valence-electron chi connectivity index (χ4n) is 6.29. The van der Waals surface area contributed by atoms with Gasteiger partial charge in [0.25, 0.3) is 0 Å². The van der Waals surface area contributed by atoms with E-state index in [-0.39, 0.29) is 25.2 Å². The number of aliphatic hydroxyl groups is 1. The number of imidazole rings is 2. The molecule has 0 unspecified atom stereocenters. The van der Waals surface area contributed by atoms with Crippen molar-refractivity contribution in [2.45, 2.75) is 101 Å². The standard InChI is InChI=1S/C33H48N8O4/c34-15-9-3-8-14-29(42)40-32(44)28(20-25-21-36-22-39-25)41(33(45)26(35)18-23-10-4-1-5-11-23)27(19-24-12-6-2-7-13-24)30(43)31-37-16-17-38-31/h1,4-5,10-11,16-17,21-22,24,26-28,30,43H,2-3,6-9,12-15,18-20,34-35H2,(H,36,39)(H,37,38)(H,40,42,44)/t26-,27-,28-,30+/m0/s1. The number of carbonyl (C=O) groups is 3. The molecular formula is C33H48N8O4. The van der Waals surface area contributed by atoms with Gasteiger partial charge in [-0.3, -0.25) is 19.7 Å². The molecule has 1 aromatic carbocycles. The van der Waals surface area contributed by atoms with Crippen molar-refractivity contribution in [2.75, 3.05) is 6.54 Å². The smallest absolute Gasteiger partial charge is 0.249 e. The van der Waals surface area contributed by atoms with Gasteiger partial charge in [0.15, 0.2) is 0 Å². The number of aliphatic hydroxyl groups excluding tert-OH is 1. The summed E-state index contributed by atoms with van der Waals surface area (Å²) in [4.78, 5) is 57.4. The van der Waals surface area contributed by atoms with E-state index in [9.17, 15) is 19.5 Å². The highest BCUT2D eigenvalue weighted by atomic mass is 16.3. The maximum atomic E-state index is 14.6. The van der Waals surface area contributed by atoms with Crippen molar-refractivity contribution in [2.24, 2.45) is 17.4 Å². The molecular weight excluding hydrogens is 572 g/mol. The number of unbranched alkanes of at least 4 members (excludes halogenated alkanes) is 2. The second kappa shape index (κ2) is 17.6.